The van der Waals surface area contributed by atoms with E-state index in [0.717, 1.165) is 10.4 Å². The van der Waals surface area contributed by atoms with Gasteiger partial charge in [-0.3, -0.25) is 0 Å². The minimum absolute atomic E-state index is 0.632. The highest BCUT2D eigenvalue weighted by Gasteiger charge is 2.21. The number of hydrogen-bond donors (Lipinski definition) is 0. The van der Waals surface area contributed by atoms with E-state index in [-0.39, 0.29) is 0 Å². The maximum atomic E-state index is 4.30. The van der Waals surface area contributed by atoms with E-state index in [0.29, 0.717) is 5.92 Å². The molecule has 2 nitrogen and oxygen atoms in total. The minimum atomic E-state index is 0.632. The van der Waals surface area contributed by atoms with E-state index in [1.165, 1.54) is 19.3 Å². The molecular weight excluding hydrogens is 204 g/mol. The molecule has 0 bridgehead atoms. The zero-order valence-electron chi connectivity index (χ0n) is 6.13. The Labute approximate surface area is 74.2 Å². The lowest BCUT2D eigenvalue weighted by molar-refractivity contribution is 0.401. The molecule has 0 radical (unpaired) electrons. The maximum Gasteiger partial charge on any atom is 0.132 e. The topological polar surface area (TPSA) is 25.8 Å². The van der Waals surface area contributed by atoms with Crippen molar-refractivity contribution in [3.8, 4) is 0 Å². The van der Waals surface area contributed by atoms with Crippen molar-refractivity contribution in [3.63, 3.8) is 0 Å². The summed E-state index contributed by atoms with van der Waals surface area (Å²) in [6.45, 7) is 0. The predicted molar refractivity (Wildman–Crippen MR) is 46.3 cm³/mol. The molecule has 58 valence electrons. The van der Waals surface area contributed by atoms with Crippen LogP contribution in [-0.4, -0.2) is 9.97 Å². The van der Waals surface area contributed by atoms with Crippen LogP contribution in [0.15, 0.2) is 16.9 Å². The molecular formula is C8H9BrN2. The second-order valence-corrected chi connectivity index (χ2v) is 3.68. The summed E-state index contributed by atoms with van der Waals surface area (Å²) in [5.41, 5.74) is 0. The average Bonchev–Trinajstić information content (AvgIpc) is 1.83. The van der Waals surface area contributed by atoms with Crippen LogP contribution in [0.2, 0.25) is 0 Å². The fourth-order valence-electron chi connectivity index (χ4n) is 1.21. The first kappa shape index (κ1) is 7.22. The van der Waals surface area contributed by atoms with Gasteiger partial charge in [0.1, 0.15) is 10.4 Å². The number of aromatic nitrogens is 2. The SMILES string of the molecule is Brc1ccnc(C2CCC2)n1. The first-order valence-corrected chi connectivity index (χ1v) is 4.64. The van der Waals surface area contributed by atoms with Gasteiger partial charge in [-0.2, -0.15) is 0 Å². The molecule has 1 aliphatic rings. The van der Waals surface area contributed by atoms with E-state index in [1.54, 1.807) is 0 Å². The van der Waals surface area contributed by atoms with Gasteiger partial charge in [-0.05, 0) is 34.8 Å². The summed E-state index contributed by atoms with van der Waals surface area (Å²) in [5.74, 6) is 1.64. The van der Waals surface area contributed by atoms with Crippen molar-refractivity contribution in [1.29, 1.82) is 0 Å². The van der Waals surface area contributed by atoms with Gasteiger partial charge < -0.3 is 0 Å². The highest BCUT2D eigenvalue weighted by Crippen LogP contribution is 2.34. The van der Waals surface area contributed by atoms with Crippen molar-refractivity contribution in [2.45, 2.75) is 25.2 Å². The van der Waals surface area contributed by atoms with Crippen LogP contribution in [-0.2, 0) is 0 Å². The van der Waals surface area contributed by atoms with Crippen molar-refractivity contribution in [2.75, 3.05) is 0 Å². The summed E-state index contributed by atoms with van der Waals surface area (Å²) < 4.78 is 0.898. The second-order valence-electron chi connectivity index (χ2n) is 2.87. The standard InChI is InChI=1S/C8H9BrN2/c9-7-4-5-10-8(11-7)6-2-1-3-6/h4-6H,1-3H2. The lowest BCUT2D eigenvalue weighted by atomic mass is 9.85. The zero-order valence-corrected chi connectivity index (χ0v) is 7.71. The Balaban J connectivity index is 2.23. The van der Waals surface area contributed by atoms with Gasteiger partial charge in [-0.15, -0.1) is 0 Å². The Morgan fingerprint density at radius 1 is 1.45 bits per heavy atom. The maximum absolute atomic E-state index is 4.30. The van der Waals surface area contributed by atoms with Crippen LogP contribution in [0.3, 0.4) is 0 Å². The lowest BCUT2D eigenvalue weighted by Crippen LogP contribution is -2.12. The molecule has 0 amide bonds. The van der Waals surface area contributed by atoms with E-state index < -0.39 is 0 Å². The highest BCUT2D eigenvalue weighted by atomic mass is 79.9. The largest absolute Gasteiger partial charge is 0.241 e. The van der Waals surface area contributed by atoms with E-state index in [4.69, 9.17) is 0 Å². The third kappa shape index (κ3) is 1.43. The predicted octanol–water partition coefficient (Wildman–Crippen LogP) is 2.51. The second kappa shape index (κ2) is 2.89. The smallest absolute Gasteiger partial charge is 0.132 e. The molecule has 0 N–H and O–H groups in total. The fourth-order valence-corrected chi connectivity index (χ4v) is 1.51. The quantitative estimate of drug-likeness (QED) is 0.669. The van der Waals surface area contributed by atoms with E-state index >= 15 is 0 Å². The molecule has 0 unspecified atom stereocenters. The third-order valence-corrected chi connectivity index (χ3v) is 2.55. The van der Waals surface area contributed by atoms with Crippen LogP contribution in [0.25, 0.3) is 0 Å². The van der Waals surface area contributed by atoms with E-state index in [9.17, 15) is 0 Å². The Kier molecular flexibility index (Phi) is 1.90. The molecule has 1 saturated carbocycles. The Morgan fingerprint density at radius 2 is 2.27 bits per heavy atom. The summed E-state index contributed by atoms with van der Waals surface area (Å²) >= 11 is 3.33. The highest BCUT2D eigenvalue weighted by molar-refractivity contribution is 9.10. The number of rotatable bonds is 1. The summed E-state index contributed by atoms with van der Waals surface area (Å²) in [6.07, 6.45) is 5.66. The molecule has 1 aromatic heterocycles. The summed E-state index contributed by atoms with van der Waals surface area (Å²) in [4.78, 5) is 8.52. The normalized spacial score (nSPS) is 17.9. The summed E-state index contributed by atoms with van der Waals surface area (Å²) in [5, 5.41) is 0. The van der Waals surface area contributed by atoms with Crippen LogP contribution in [0.4, 0.5) is 0 Å². The molecule has 1 aromatic rings. The van der Waals surface area contributed by atoms with Crippen LogP contribution in [0.5, 0.6) is 0 Å². The van der Waals surface area contributed by atoms with Gasteiger partial charge in [0.2, 0.25) is 0 Å². The first-order chi connectivity index (χ1) is 5.36. The van der Waals surface area contributed by atoms with Crippen molar-refractivity contribution in [3.05, 3.63) is 22.7 Å². The summed E-state index contributed by atoms with van der Waals surface area (Å²) in [6, 6.07) is 1.86. The number of hydrogen-bond acceptors (Lipinski definition) is 2. The van der Waals surface area contributed by atoms with Gasteiger partial charge in [0.15, 0.2) is 0 Å². The Morgan fingerprint density at radius 3 is 2.82 bits per heavy atom. The fraction of sp³-hybridized carbons (Fsp3) is 0.500. The first-order valence-electron chi connectivity index (χ1n) is 3.85. The van der Waals surface area contributed by atoms with Crippen molar-refractivity contribution in [1.82, 2.24) is 9.97 Å². The molecule has 0 aromatic carbocycles. The van der Waals surface area contributed by atoms with Crippen molar-refractivity contribution >= 4 is 15.9 Å². The van der Waals surface area contributed by atoms with Gasteiger partial charge in [0.25, 0.3) is 0 Å². The van der Waals surface area contributed by atoms with Gasteiger partial charge in [0.05, 0.1) is 0 Å². The number of nitrogens with zero attached hydrogens (tertiary/aromatic N) is 2. The van der Waals surface area contributed by atoms with Crippen LogP contribution in [0.1, 0.15) is 31.0 Å². The molecule has 2 rings (SSSR count). The zero-order chi connectivity index (χ0) is 7.68. The summed E-state index contributed by atoms with van der Waals surface area (Å²) in [7, 11) is 0. The molecule has 3 heteroatoms. The van der Waals surface area contributed by atoms with Crippen LogP contribution >= 0.6 is 15.9 Å². The van der Waals surface area contributed by atoms with Crippen LogP contribution < -0.4 is 0 Å². The molecule has 11 heavy (non-hydrogen) atoms. The number of halogens is 1. The molecule has 1 aliphatic carbocycles. The third-order valence-electron chi connectivity index (χ3n) is 2.11. The molecule has 1 heterocycles. The lowest BCUT2D eigenvalue weighted by Gasteiger charge is -2.23. The molecule has 1 fully saturated rings. The minimum Gasteiger partial charge on any atom is -0.241 e. The Bertz CT molecular complexity index is 258. The van der Waals surface area contributed by atoms with E-state index in [1.807, 2.05) is 12.3 Å². The van der Waals surface area contributed by atoms with Crippen molar-refractivity contribution in [2.24, 2.45) is 0 Å². The molecule has 0 atom stereocenters. The average molecular weight is 213 g/mol. The van der Waals surface area contributed by atoms with Gasteiger partial charge in [0, 0.05) is 12.1 Å². The van der Waals surface area contributed by atoms with Gasteiger partial charge >= 0.3 is 0 Å². The van der Waals surface area contributed by atoms with Gasteiger partial charge in [-0.25, -0.2) is 9.97 Å². The molecule has 0 spiro atoms. The molecule has 0 saturated heterocycles. The Hall–Kier alpha value is -0.440. The van der Waals surface area contributed by atoms with Gasteiger partial charge in [-0.1, -0.05) is 6.42 Å². The molecule has 0 aliphatic heterocycles. The van der Waals surface area contributed by atoms with Crippen LogP contribution in [0, 0.1) is 0 Å². The monoisotopic (exact) mass is 212 g/mol. The van der Waals surface area contributed by atoms with Crippen molar-refractivity contribution < 1.29 is 0 Å². The van der Waals surface area contributed by atoms with E-state index in [2.05, 4.69) is 25.9 Å².